The van der Waals surface area contributed by atoms with Crippen LogP contribution < -0.4 is 4.90 Å². The average molecular weight is 643 g/mol. The predicted molar refractivity (Wildman–Crippen MR) is 165 cm³/mol. The number of ether oxygens (including phenoxy) is 2. The van der Waals surface area contributed by atoms with Crippen molar-refractivity contribution < 1.29 is 32.2 Å². The van der Waals surface area contributed by atoms with Gasteiger partial charge in [-0.3, -0.25) is 18.3 Å². The number of pyridine rings is 2. The lowest BCUT2D eigenvalue weighted by Gasteiger charge is -2.42. The summed E-state index contributed by atoms with van der Waals surface area (Å²) in [5.41, 5.74) is 4.21. The number of benzene rings is 1. The molecule has 3 aromatic heterocycles. The van der Waals surface area contributed by atoms with E-state index in [0.717, 1.165) is 22.3 Å². The molecule has 0 aliphatic carbocycles. The van der Waals surface area contributed by atoms with E-state index in [2.05, 4.69) is 20.1 Å². The van der Waals surface area contributed by atoms with Gasteiger partial charge in [0.05, 0.1) is 32.3 Å². The number of carbonyl (C=O) groups excluding carboxylic acids is 1. The number of aryl methyl sites for hydroxylation is 2. The number of esters is 1. The van der Waals surface area contributed by atoms with Crippen LogP contribution in [0.1, 0.15) is 59.3 Å². The Morgan fingerprint density at radius 1 is 1.20 bits per heavy atom. The second-order valence-corrected chi connectivity index (χ2v) is 13.3. The maximum Gasteiger partial charge on any atom is 0.306 e. The summed E-state index contributed by atoms with van der Waals surface area (Å²) in [7, 11) is -3.42. The molecule has 1 fully saturated rings. The first-order chi connectivity index (χ1) is 21.6. The van der Waals surface area contributed by atoms with Gasteiger partial charge in [-0.05, 0) is 66.8 Å². The zero-order chi connectivity index (χ0) is 31.9. The number of morpholine rings is 1. The Morgan fingerprint density at radius 3 is 2.80 bits per heavy atom. The molecule has 0 saturated carbocycles. The van der Waals surface area contributed by atoms with Crippen molar-refractivity contribution in [3.8, 4) is 0 Å². The van der Waals surface area contributed by atoms with Crippen molar-refractivity contribution >= 4 is 28.2 Å². The highest BCUT2D eigenvalue weighted by atomic mass is 32.3. The highest BCUT2D eigenvalue weighted by molar-refractivity contribution is 8.22. The van der Waals surface area contributed by atoms with E-state index in [9.17, 15) is 22.7 Å². The summed E-state index contributed by atoms with van der Waals surface area (Å²) in [6.07, 6.45) is 0.375. The first-order valence-corrected chi connectivity index (χ1v) is 16.3. The number of rotatable bonds is 8. The number of fused-ring (bicyclic) bond motifs is 4. The van der Waals surface area contributed by atoms with E-state index < -0.39 is 34.9 Å². The Morgan fingerprint density at radius 2 is 2.02 bits per heavy atom. The van der Waals surface area contributed by atoms with Crippen LogP contribution in [0.2, 0.25) is 0 Å². The topological polar surface area (TPSA) is 126 Å². The molecule has 1 aromatic carbocycles. The molecule has 1 unspecified atom stereocenters. The van der Waals surface area contributed by atoms with Gasteiger partial charge in [0.2, 0.25) is 5.82 Å². The van der Waals surface area contributed by atoms with E-state index in [1.807, 2.05) is 25.1 Å². The van der Waals surface area contributed by atoms with Crippen LogP contribution in [0.15, 0.2) is 53.7 Å². The number of halogens is 2. The lowest BCUT2D eigenvalue weighted by Crippen LogP contribution is -2.50. The standard InChI is InChI=1S/C31H36F2N6O5S/c1-4-44-27(40)15-25(24-9-11-39-29(20(24)3)35-36-31(39)28(32)33)21-8-7-19(2)22(14-21)16-37-17-23-18-43-13-12-38(23)30-26(45(37,41)42)6-5-10-34-30/h5-11,14,23,25,28,41-42H,4,12-13,15-18H2,1-3H3/t23-,25?/m1/s1. The van der Waals surface area contributed by atoms with Gasteiger partial charge in [-0.1, -0.05) is 18.2 Å². The molecule has 0 bridgehead atoms. The van der Waals surface area contributed by atoms with Crippen molar-refractivity contribution in [2.75, 3.05) is 37.8 Å². The molecule has 11 nitrogen and oxygen atoms in total. The van der Waals surface area contributed by atoms with Gasteiger partial charge in [-0.2, -0.15) is 4.31 Å². The van der Waals surface area contributed by atoms with Crippen molar-refractivity contribution in [2.45, 2.75) is 57.0 Å². The Bertz CT molecular complexity index is 1720. The van der Waals surface area contributed by atoms with Gasteiger partial charge in [0.25, 0.3) is 6.43 Å². The zero-order valence-corrected chi connectivity index (χ0v) is 26.1. The highest BCUT2D eigenvalue weighted by Gasteiger charge is 2.40. The van der Waals surface area contributed by atoms with Crippen LogP contribution in [-0.4, -0.2) is 77.9 Å². The molecule has 45 heavy (non-hydrogen) atoms. The third-order valence-corrected chi connectivity index (χ3v) is 10.5. The van der Waals surface area contributed by atoms with Crippen LogP contribution in [0.3, 0.4) is 0 Å². The molecule has 4 aromatic rings. The third-order valence-electron chi connectivity index (χ3n) is 8.58. The molecule has 2 aliphatic heterocycles. The molecule has 0 radical (unpaired) electrons. The summed E-state index contributed by atoms with van der Waals surface area (Å²) in [6, 6.07) is 10.8. The summed E-state index contributed by atoms with van der Waals surface area (Å²) in [6.45, 7) is 7.79. The van der Waals surface area contributed by atoms with Crippen LogP contribution in [-0.2, 0) is 20.8 Å². The van der Waals surface area contributed by atoms with Gasteiger partial charge in [0.1, 0.15) is 4.90 Å². The Balaban J connectivity index is 1.39. The minimum atomic E-state index is -3.42. The van der Waals surface area contributed by atoms with Gasteiger partial charge in [-0.15, -0.1) is 21.0 Å². The molecule has 2 N–H and O–H groups in total. The largest absolute Gasteiger partial charge is 0.466 e. The number of aromatic nitrogens is 4. The quantitative estimate of drug-likeness (QED) is 0.238. The second-order valence-electron chi connectivity index (χ2n) is 11.3. The third kappa shape index (κ3) is 5.88. The molecule has 0 amide bonds. The summed E-state index contributed by atoms with van der Waals surface area (Å²) < 4.78 is 64.5. The number of alkyl halides is 2. The van der Waals surface area contributed by atoms with E-state index in [-0.39, 0.29) is 31.3 Å². The average Bonchev–Trinajstić information content (AvgIpc) is 3.44. The Hall–Kier alpha value is -3.69. The zero-order valence-electron chi connectivity index (χ0n) is 25.3. The van der Waals surface area contributed by atoms with Gasteiger partial charge >= 0.3 is 5.97 Å². The SMILES string of the molecule is CCOC(=O)CC(c1ccc(C)c(CN2C[C@@H]3COCCN3c3ncccc3S2(O)O)c1)c1ccn2c(C(F)F)nnc2c1C. The van der Waals surface area contributed by atoms with E-state index >= 15 is 0 Å². The van der Waals surface area contributed by atoms with Crippen LogP contribution in [0.25, 0.3) is 5.65 Å². The van der Waals surface area contributed by atoms with E-state index in [0.29, 0.717) is 42.6 Å². The fraction of sp³-hybridized carbons (Fsp3) is 0.419. The molecular formula is C31H36F2N6O5S. The Kier molecular flexibility index (Phi) is 8.76. The van der Waals surface area contributed by atoms with Crippen molar-refractivity contribution in [3.63, 3.8) is 0 Å². The molecular weight excluding hydrogens is 606 g/mol. The van der Waals surface area contributed by atoms with E-state index in [1.54, 1.807) is 42.5 Å². The summed E-state index contributed by atoms with van der Waals surface area (Å²) in [4.78, 5) is 19.9. The van der Waals surface area contributed by atoms with Gasteiger partial charge in [-0.25, -0.2) is 13.8 Å². The number of carbonyl (C=O) groups is 1. The summed E-state index contributed by atoms with van der Waals surface area (Å²) >= 11 is 0. The number of nitrogens with zero attached hydrogens (tertiary/aromatic N) is 6. The fourth-order valence-electron chi connectivity index (χ4n) is 6.23. The second kappa shape index (κ2) is 12.6. The van der Waals surface area contributed by atoms with Crippen LogP contribution in [0.5, 0.6) is 0 Å². The molecule has 1 saturated heterocycles. The van der Waals surface area contributed by atoms with E-state index in [4.69, 9.17) is 9.47 Å². The molecule has 2 atom stereocenters. The molecule has 240 valence electrons. The molecule has 5 heterocycles. The van der Waals surface area contributed by atoms with Gasteiger partial charge < -0.3 is 14.4 Å². The molecule has 14 heteroatoms. The van der Waals surface area contributed by atoms with Crippen molar-refractivity contribution in [2.24, 2.45) is 0 Å². The van der Waals surface area contributed by atoms with Crippen molar-refractivity contribution in [3.05, 3.63) is 82.4 Å². The number of anilines is 1. The summed E-state index contributed by atoms with van der Waals surface area (Å²) in [5, 5.41) is 7.69. The van der Waals surface area contributed by atoms with Gasteiger partial charge in [0, 0.05) is 37.9 Å². The van der Waals surface area contributed by atoms with Crippen LogP contribution in [0, 0.1) is 13.8 Å². The van der Waals surface area contributed by atoms with E-state index in [1.165, 1.54) is 10.6 Å². The summed E-state index contributed by atoms with van der Waals surface area (Å²) in [5.74, 6) is -0.782. The number of hydrogen-bond donors (Lipinski definition) is 2. The highest BCUT2D eigenvalue weighted by Crippen LogP contribution is 2.57. The smallest absolute Gasteiger partial charge is 0.306 e. The predicted octanol–water partition coefficient (Wildman–Crippen LogP) is 5.51. The lowest BCUT2D eigenvalue weighted by atomic mass is 9.85. The maximum absolute atomic E-state index is 13.5. The fourth-order valence-corrected chi connectivity index (χ4v) is 7.89. The first-order valence-electron chi connectivity index (χ1n) is 14.8. The van der Waals surface area contributed by atoms with Crippen molar-refractivity contribution in [1.82, 2.24) is 23.9 Å². The van der Waals surface area contributed by atoms with Crippen LogP contribution >= 0.6 is 10.8 Å². The monoisotopic (exact) mass is 642 g/mol. The Labute approximate surface area is 261 Å². The minimum Gasteiger partial charge on any atom is -0.466 e. The first kappa shape index (κ1) is 31.3. The normalized spacial score (nSPS) is 19.6. The molecule has 2 aliphatic rings. The van der Waals surface area contributed by atoms with Gasteiger partial charge in [0.15, 0.2) is 11.5 Å². The lowest BCUT2D eigenvalue weighted by molar-refractivity contribution is -0.143. The maximum atomic E-state index is 13.5. The molecule has 0 spiro atoms. The molecule has 6 rings (SSSR count). The van der Waals surface area contributed by atoms with Crippen LogP contribution in [0.4, 0.5) is 14.6 Å². The minimum absolute atomic E-state index is 0.00944. The van der Waals surface area contributed by atoms with Crippen molar-refractivity contribution in [1.29, 1.82) is 0 Å². The number of hydrogen-bond acceptors (Lipinski definition) is 10.